The van der Waals surface area contributed by atoms with E-state index in [4.69, 9.17) is 0 Å². The van der Waals surface area contributed by atoms with Gasteiger partial charge in [0.2, 0.25) is 0 Å². The minimum Gasteiger partial charge on any atom is -0.377 e. The predicted molar refractivity (Wildman–Crippen MR) is 82.6 cm³/mol. The normalized spacial score (nSPS) is 22.7. The first kappa shape index (κ1) is 12.9. The van der Waals surface area contributed by atoms with Crippen LogP contribution in [0.4, 0.5) is 11.4 Å². The minimum absolute atomic E-state index is 0.580. The largest absolute Gasteiger partial charge is 0.377 e. The third kappa shape index (κ3) is 1.91. The average Bonchev–Trinajstić information content (AvgIpc) is 2.66. The van der Waals surface area contributed by atoms with Gasteiger partial charge in [0.15, 0.2) is 0 Å². The zero-order valence-electron chi connectivity index (χ0n) is 11.9. The summed E-state index contributed by atoms with van der Waals surface area (Å²) in [4.78, 5) is 4.68. The summed E-state index contributed by atoms with van der Waals surface area (Å²) in [6.45, 7) is 5.84. The predicted octanol–water partition coefficient (Wildman–Crippen LogP) is 3.67. The lowest BCUT2D eigenvalue weighted by Crippen LogP contribution is -2.30. The van der Waals surface area contributed by atoms with Crippen LogP contribution in [0.15, 0.2) is 47.5 Å². The molecule has 3 nitrogen and oxygen atoms in total. The molecule has 1 unspecified atom stereocenters. The van der Waals surface area contributed by atoms with E-state index >= 15 is 0 Å². The van der Waals surface area contributed by atoms with Crippen LogP contribution in [0.2, 0.25) is 0 Å². The number of hydrogen-bond donors (Lipinski definition) is 2. The summed E-state index contributed by atoms with van der Waals surface area (Å²) < 4.78 is 0. The van der Waals surface area contributed by atoms with E-state index in [9.17, 15) is 5.11 Å². The van der Waals surface area contributed by atoms with Gasteiger partial charge in [-0.25, -0.2) is 4.99 Å². The summed E-state index contributed by atoms with van der Waals surface area (Å²) in [7, 11) is 0. The maximum atomic E-state index is 10.8. The monoisotopic (exact) mass is 266 g/mol. The van der Waals surface area contributed by atoms with Crippen LogP contribution >= 0.6 is 0 Å². The first-order chi connectivity index (χ1) is 9.50. The summed E-state index contributed by atoms with van der Waals surface area (Å²) in [6.07, 6.45) is 0. The molecule has 0 aromatic heterocycles. The third-order valence-electron chi connectivity index (χ3n) is 3.83. The van der Waals surface area contributed by atoms with Gasteiger partial charge >= 0.3 is 0 Å². The van der Waals surface area contributed by atoms with Crippen LogP contribution in [-0.2, 0) is 5.60 Å². The van der Waals surface area contributed by atoms with E-state index in [2.05, 4.69) is 10.3 Å². The maximum absolute atomic E-state index is 10.8. The molecule has 3 heteroatoms. The first-order valence-corrected chi connectivity index (χ1v) is 6.74. The summed E-state index contributed by atoms with van der Waals surface area (Å²) in [5, 5.41) is 14.0. The molecule has 0 fully saturated rings. The highest BCUT2D eigenvalue weighted by Crippen LogP contribution is 2.37. The van der Waals surface area contributed by atoms with Crippen molar-refractivity contribution in [3.05, 3.63) is 59.2 Å². The van der Waals surface area contributed by atoms with Crippen LogP contribution in [0.1, 0.15) is 23.6 Å². The van der Waals surface area contributed by atoms with E-state index in [1.165, 1.54) is 0 Å². The average molecular weight is 266 g/mol. The molecule has 2 aromatic carbocycles. The molecule has 2 N–H and O–H groups in total. The highest BCUT2D eigenvalue weighted by Gasteiger charge is 2.38. The van der Waals surface area contributed by atoms with Gasteiger partial charge < -0.3 is 10.4 Å². The molecule has 102 valence electrons. The van der Waals surface area contributed by atoms with Crippen LogP contribution in [-0.4, -0.2) is 10.9 Å². The van der Waals surface area contributed by atoms with E-state index in [-0.39, 0.29) is 0 Å². The molecule has 0 aliphatic carbocycles. The Morgan fingerprint density at radius 2 is 1.65 bits per heavy atom. The van der Waals surface area contributed by atoms with Gasteiger partial charge in [-0.15, -0.1) is 0 Å². The van der Waals surface area contributed by atoms with Crippen LogP contribution in [0, 0.1) is 13.8 Å². The maximum Gasteiger partial charge on any atom is 0.146 e. The number of anilines is 1. The Labute approximate surface area is 119 Å². The van der Waals surface area contributed by atoms with Crippen LogP contribution < -0.4 is 5.32 Å². The number of amidine groups is 1. The van der Waals surface area contributed by atoms with Crippen molar-refractivity contribution >= 4 is 17.2 Å². The zero-order chi connectivity index (χ0) is 14.3. The van der Waals surface area contributed by atoms with Crippen LogP contribution in [0.5, 0.6) is 0 Å². The van der Waals surface area contributed by atoms with Crippen molar-refractivity contribution in [2.24, 2.45) is 4.99 Å². The molecule has 0 saturated heterocycles. The van der Waals surface area contributed by atoms with Gasteiger partial charge in [-0.3, -0.25) is 0 Å². The van der Waals surface area contributed by atoms with Crippen molar-refractivity contribution in [2.75, 3.05) is 5.32 Å². The van der Waals surface area contributed by atoms with Crippen LogP contribution in [0.3, 0.4) is 0 Å². The summed E-state index contributed by atoms with van der Waals surface area (Å²) in [6, 6.07) is 13.8. The van der Waals surface area contributed by atoms with Crippen molar-refractivity contribution in [1.82, 2.24) is 0 Å². The summed E-state index contributed by atoms with van der Waals surface area (Å²) in [5.41, 5.74) is 3.83. The number of nitrogens with one attached hydrogen (secondary N) is 1. The quantitative estimate of drug-likeness (QED) is 0.827. The summed E-state index contributed by atoms with van der Waals surface area (Å²) in [5.74, 6) is 0.580. The Hall–Kier alpha value is -2.13. The molecule has 1 atom stereocenters. The molecule has 1 heterocycles. The number of para-hydroxylation sites is 2. The molecule has 0 bridgehead atoms. The standard InChI is InChI=1S/C17H18N2O/c1-11-7-6-8-12(2)15(11)19-16-17(3,20)13-9-4-5-10-14(13)18-16/h4-10,20H,1-3H3,(H,18,19). The topological polar surface area (TPSA) is 44.6 Å². The Morgan fingerprint density at radius 1 is 1.00 bits per heavy atom. The van der Waals surface area contributed by atoms with Crippen molar-refractivity contribution < 1.29 is 5.11 Å². The van der Waals surface area contributed by atoms with Crippen molar-refractivity contribution in [3.63, 3.8) is 0 Å². The molecule has 20 heavy (non-hydrogen) atoms. The summed E-state index contributed by atoms with van der Waals surface area (Å²) >= 11 is 0. The fraction of sp³-hybridized carbons (Fsp3) is 0.235. The van der Waals surface area contributed by atoms with E-state index in [1.54, 1.807) is 6.92 Å². The molecule has 1 aliphatic rings. The Bertz CT molecular complexity index is 682. The fourth-order valence-corrected chi connectivity index (χ4v) is 2.62. The molecule has 2 aromatic rings. The molecule has 0 saturated carbocycles. The molecule has 0 radical (unpaired) electrons. The van der Waals surface area contributed by atoms with Crippen molar-refractivity contribution in [3.8, 4) is 0 Å². The lowest BCUT2D eigenvalue weighted by Gasteiger charge is -2.18. The van der Waals surface area contributed by atoms with Gasteiger partial charge in [0.25, 0.3) is 0 Å². The number of fused-ring (bicyclic) bond motifs is 1. The highest BCUT2D eigenvalue weighted by atomic mass is 16.3. The lowest BCUT2D eigenvalue weighted by molar-refractivity contribution is 0.137. The number of nitrogens with zero attached hydrogens (tertiary/aromatic N) is 1. The van der Waals surface area contributed by atoms with E-state index in [0.29, 0.717) is 5.84 Å². The lowest BCUT2D eigenvalue weighted by atomic mass is 9.97. The number of hydrogen-bond acceptors (Lipinski definition) is 2. The number of rotatable bonds is 1. The van der Waals surface area contributed by atoms with Gasteiger partial charge in [0.05, 0.1) is 5.69 Å². The molecule has 3 rings (SSSR count). The molecule has 1 aliphatic heterocycles. The molecular weight excluding hydrogens is 248 g/mol. The number of aryl methyl sites for hydroxylation is 2. The third-order valence-corrected chi connectivity index (χ3v) is 3.83. The number of aliphatic imine (C=N–C) groups is 1. The Balaban J connectivity index is 2.12. The smallest absolute Gasteiger partial charge is 0.146 e. The van der Waals surface area contributed by atoms with E-state index in [0.717, 1.165) is 28.1 Å². The number of benzene rings is 2. The van der Waals surface area contributed by atoms with Crippen molar-refractivity contribution in [1.29, 1.82) is 0 Å². The SMILES string of the molecule is Cc1cccc(C)c1N=C1Nc2ccccc2C1(C)O. The molecular formula is C17H18N2O. The second-order valence-corrected chi connectivity index (χ2v) is 5.44. The van der Waals surface area contributed by atoms with E-state index in [1.807, 2.05) is 56.3 Å². The second kappa shape index (κ2) is 4.46. The number of aliphatic hydroxyl groups is 1. The van der Waals surface area contributed by atoms with Crippen LogP contribution in [0.25, 0.3) is 0 Å². The highest BCUT2D eigenvalue weighted by molar-refractivity contribution is 6.09. The van der Waals surface area contributed by atoms with Gasteiger partial charge in [-0.05, 0) is 38.0 Å². The molecule has 0 amide bonds. The molecule has 0 spiro atoms. The minimum atomic E-state index is -1.08. The van der Waals surface area contributed by atoms with E-state index < -0.39 is 5.60 Å². The van der Waals surface area contributed by atoms with Crippen molar-refractivity contribution in [2.45, 2.75) is 26.4 Å². The first-order valence-electron chi connectivity index (χ1n) is 6.74. The zero-order valence-corrected chi connectivity index (χ0v) is 11.9. The second-order valence-electron chi connectivity index (χ2n) is 5.44. The fourth-order valence-electron chi connectivity index (χ4n) is 2.62. The van der Waals surface area contributed by atoms with Gasteiger partial charge in [0.1, 0.15) is 11.4 Å². The van der Waals surface area contributed by atoms with Gasteiger partial charge in [-0.2, -0.15) is 0 Å². The van der Waals surface area contributed by atoms with Gasteiger partial charge in [-0.1, -0.05) is 36.4 Å². The Kier molecular flexibility index (Phi) is 2.87. The Morgan fingerprint density at radius 3 is 2.30 bits per heavy atom. The van der Waals surface area contributed by atoms with Gasteiger partial charge in [0, 0.05) is 11.3 Å².